The van der Waals surface area contributed by atoms with Crippen molar-refractivity contribution >= 4 is 5.91 Å². The van der Waals surface area contributed by atoms with Gasteiger partial charge in [0.1, 0.15) is 5.76 Å². The molecule has 0 saturated carbocycles. The minimum atomic E-state index is 0.123. The van der Waals surface area contributed by atoms with Crippen molar-refractivity contribution in [3.63, 3.8) is 0 Å². The standard InChI is InChI=1S/C14H22N2O2/c1-11(12-4-6-15-7-5-12)9-14(17)16-10-13-3-2-8-18-13/h2-3,8,11-12,15H,4-7,9-10H2,1H3,(H,16,17). The van der Waals surface area contributed by atoms with Gasteiger partial charge < -0.3 is 15.1 Å². The fraction of sp³-hybridized carbons (Fsp3) is 0.643. The normalized spacial score (nSPS) is 18.5. The van der Waals surface area contributed by atoms with Crippen molar-refractivity contribution in [3.8, 4) is 0 Å². The van der Waals surface area contributed by atoms with Gasteiger partial charge in [0.15, 0.2) is 0 Å². The average molecular weight is 250 g/mol. The van der Waals surface area contributed by atoms with Crippen LogP contribution >= 0.6 is 0 Å². The first-order valence-corrected chi connectivity index (χ1v) is 6.75. The minimum absolute atomic E-state index is 0.123. The summed E-state index contributed by atoms with van der Waals surface area (Å²) in [6.07, 6.45) is 4.61. The van der Waals surface area contributed by atoms with Crippen LogP contribution in [0.5, 0.6) is 0 Å². The lowest BCUT2D eigenvalue weighted by Gasteiger charge is -2.27. The van der Waals surface area contributed by atoms with Gasteiger partial charge in [-0.05, 0) is 49.9 Å². The molecule has 1 atom stereocenters. The van der Waals surface area contributed by atoms with E-state index in [1.54, 1.807) is 6.26 Å². The zero-order valence-corrected chi connectivity index (χ0v) is 10.9. The average Bonchev–Trinajstić information content (AvgIpc) is 2.90. The third-order valence-corrected chi connectivity index (χ3v) is 3.74. The summed E-state index contributed by atoms with van der Waals surface area (Å²) in [6.45, 7) is 4.85. The Bertz CT molecular complexity index is 356. The summed E-state index contributed by atoms with van der Waals surface area (Å²) in [5.74, 6) is 2.07. The van der Waals surface area contributed by atoms with Crippen molar-refractivity contribution in [2.24, 2.45) is 11.8 Å². The summed E-state index contributed by atoms with van der Waals surface area (Å²) in [5, 5.41) is 6.26. The van der Waals surface area contributed by atoms with Gasteiger partial charge in [0.05, 0.1) is 12.8 Å². The molecule has 18 heavy (non-hydrogen) atoms. The van der Waals surface area contributed by atoms with Crippen molar-refractivity contribution in [2.45, 2.75) is 32.7 Å². The number of nitrogens with one attached hydrogen (secondary N) is 2. The lowest BCUT2D eigenvalue weighted by Crippen LogP contribution is -2.33. The van der Waals surface area contributed by atoms with Crippen LogP contribution in [0.15, 0.2) is 22.8 Å². The molecular formula is C14H22N2O2. The predicted octanol–water partition coefficient (Wildman–Crippen LogP) is 1.92. The SMILES string of the molecule is CC(CC(=O)NCc1ccco1)C1CCNCC1. The second-order valence-electron chi connectivity index (χ2n) is 5.12. The maximum atomic E-state index is 11.8. The van der Waals surface area contributed by atoms with E-state index in [0.29, 0.717) is 24.8 Å². The molecule has 4 heteroatoms. The van der Waals surface area contributed by atoms with Gasteiger partial charge in [0, 0.05) is 6.42 Å². The molecule has 100 valence electrons. The molecule has 4 nitrogen and oxygen atoms in total. The van der Waals surface area contributed by atoms with E-state index in [-0.39, 0.29) is 5.91 Å². The van der Waals surface area contributed by atoms with Gasteiger partial charge in [-0.3, -0.25) is 4.79 Å². The third kappa shape index (κ3) is 3.88. The molecule has 1 aromatic rings. The number of carbonyl (C=O) groups excluding carboxylic acids is 1. The Balaban J connectivity index is 1.69. The van der Waals surface area contributed by atoms with Gasteiger partial charge in [-0.15, -0.1) is 0 Å². The van der Waals surface area contributed by atoms with E-state index < -0.39 is 0 Å². The van der Waals surface area contributed by atoms with E-state index >= 15 is 0 Å². The maximum Gasteiger partial charge on any atom is 0.220 e. The Kier molecular flexibility index (Phi) is 4.81. The quantitative estimate of drug-likeness (QED) is 0.839. The summed E-state index contributed by atoms with van der Waals surface area (Å²) in [6, 6.07) is 3.70. The van der Waals surface area contributed by atoms with Crippen molar-refractivity contribution in [3.05, 3.63) is 24.2 Å². The van der Waals surface area contributed by atoms with E-state index in [4.69, 9.17) is 4.42 Å². The highest BCUT2D eigenvalue weighted by molar-refractivity contribution is 5.76. The van der Waals surface area contributed by atoms with Crippen molar-refractivity contribution in [1.29, 1.82) is 0 Å². The largest absolute Gasteiger partial charge is 0.467 e. The van der Waals surface area contributed by atoms with Gasteiger partial charge in [-0.2, -0.15) is 0 Å². The molecule has 0 aliphatic carbocycles. The van der Waals surface area contributed by atoms with Crippen LogP contribution in [0.4, 0.5) is 0 Å². The first kappa shape index (κ1) is 13.1. The smallest absolute Gasteiger partial charge is 0.220 e. The number of carbonyl (C=O) groups is 1. The molecule has 0 radical (unpaired) electrons. The van der Waals surface area contributed by atoms with Gasteiger partial charge in [0.2, 0.25) is 5.91 Å². The van der Waals surface area contributed by atoms with Crippen LogP contribution in [0.2, 0.25) is 0 Å². The lowest BCUT2D eigenvalue weighted by molar-refractivity contribution is -0.122. The van der Waals surface area contributed by atoms with Crippen molar-refractivity contribution in [2.75, 3.05) is 13.1 Å². The minimum Gasteiger partial charge on any atom is -0.467 e. The van der Waals surface area contributed by atoms with Gasteiger partial charge in [-0.1, -0.05) is 6.92 Å². The van der Waals surface area contributed by atoms with Crippen LogP contribution in [-0.2, 0) is 11.3 Å². The Morgan fingerprint density at radius 1 is 1.56 bits per heavy atom. The van der Waals surface area contributed by atoms with E-state index in [2.05, 4.69) is 17.6 Å². The van der Waals surface area contributed by atoms with Crippen LogP contribution < -0.4 is 10.6 Å². The van der Waals surface area contributed by atoms with Crippen LogP contribution in [0.3, 0.4) is 0 Å². The second-order valence-corrected chi connectivity index (χ2v) is 5.12. The first-order chi connectivity index (χ1) is 8.75. The molecule has 1 amide bonds. The fourth-order valence-corrected chi connectivity index (χ4v) is 2.54. The maximum absolute atomic E-state index is 11.8. The Labute approximate surface area is 108 Å². The number of hydrogen-bond donors (Lipinski definition) is 2. The molecule has 1 aromatic heterocycles. The van der Waals surface area contributed by atoms with Crippen molar-refractivity contribution < 1.29 is 9.21 Å². The molecule has 0 aromatic carbocycles. The lowest BCUT2D eigenvalue weighted by atomic mass is 9.84. The summed E-state index contributed by atoms with van der Waals surface area (Å²) >= 11 is 0. The molecule has 1 fully saturated rings. The van der Waals surface area contributed by atoms with Gasteiger partial charge >= 0.3 is 0 Å². The number of rotatable bonds is 5. The molecule has 2 heterocycles. The fourth-order valence-electron chi connectivity index (χ4n) is 2.54. The van der Waals surface area contributed by atoms with Crippen LogP contribution in [0.25, 0.3) is 0 Å². The second kappa shape index (κ2) is 6.59. The Morgan fingerprint density at radius 2 is 2.33 bits per heavy atom. The highest BCUT2D eigenvalue weighted by Crippen LogP contribution is 2.24. The Morgan fingerprint density at radius 3 is 3.00 bits per heavy atom. The van der Waals surface area contributed by atoms with Gasteiger partial charge in [-0.25, -0.2) is 0 Å². The molecule has 1 aliphatic heterocycles. The van der Waals surface area contributed by atoms with Crippen LogP contribution in [0, 0.1) is 11.8 Å². The van der Waals surface area contributed by atoms with Crippen LogP contribution in [0.1, 0.15) is 31.9 Å². The van der Waals surface area contributed by atoms with E-state index in [9.17, 15) is 4.79 Å². The molecule has 1 aliphatic rings. The molecule has 1 unspecified atom stereocenters. The van der Waals surface area contributed by atoms with Crippen molar-refractivity contribution in [1.82, 2.24) is 10.6 Å². The summed E-state index contributed by atoms with van der Waals surface area (Å²) < 4.78 is 5.18. The predicted molar refractivity (Wildman–Crippen MR) is 69.9 cm³/mol. The van der Waals surface area contributed by atoms with E-state index in [0.717, 1.165) is 18.8 Å². The monoisotopic (exact) mass is 250 g/mol. The molecular weight excluding hydrogens is 228 g/mol. The number of hydrogen-bond acceptors (Lipinski definition) is 3. The van der Waals surface area contributed by atoms with E-state index in [1.807, 2.05) is 12.1 Å². The molecule has 2 N–H and O–H groups in total. The Hall–Kier alpha value is -1.29. The van der Waals surface area contributed by atoms with Gasteiger partial charge in [0.25, 0.3) is 0 Å². The highest BCUT2D eigenvalue weighted by atomic mass is 16.3. The number of piperidine rings is 1. The molecule has 0 bridgehead atoms. The molecule has 1 saturated heterocycles. The zero-order chi connectivity index (χ0) is 12.8. The number of furan rings is 1. The number of amides is 1. The van der Waals surface area contributed by atoms with Crippen LogP contribution in [-0.4, -0.2) is 19.0 Å². The summed E-state index contributed by atoms with van der Waals surface area (Å²) in [7, 11) is 0. The third-order valence-electron chi connectivity index (χ3n) is 3.74. The molecule has 2 rings (SSSR count). The summed E-state index contributed by atoms with van der Waals surface area (Å²) in [4.78, 5) is 11.8. The highest BCUT2D eigenvalue weighted by Gasteiger charge is 2.21. The zero-order valence-electron chi connectivity index (χ0n) is 10.9. The van der Waals surface area contributed by atoms with E-state index in [1.165, 1.54) is 12.8 Å². The first-order valence-electron chi connectivity index (χ1n) is 6.75. The molecule has 0 spiro atoms. The topological polar surface area (TPSA) is 54.3 Å². The summed E-state index contributed by atoms with van der Waals surface area (Å²) in [5.41, 5.74) is 0.